The summed E-state index contributed by atoms with van der Waals surface area (Å²) < 4.78 is 5.46. The first-order valence-electron chi connectivity index (χ1n) is 8.95. The average Bonchev–Trinajstić information content (AvgIpc) is 3.31. The van der Waals surface area contributed by atoms with Gasteiger partial charge >= 0.3 is 0 Å². The van der Waals surface area contributed by atoms with Gasteiger partial charge in [-0.25, -0.2) is 0 Å². The first-order chi connectivity index (χ1) is 11.7. The molecule has 3 unspecified atom stereocenters. The molecule has 2 aliphatic carbocycles. The van der Waals surface area contributed by atoms with Crippen LogP contribution in [0, 0.1) is 17.8 Å². The lowest BCUT2D eigenvalue weighted by molar-refractivity contribution is -0.121. The van der Waals surface area contributed by atoms with Crippen LogP contribution in [0.5, 0.6) is 5.75 Å². The molecule has 1 aliphatic heterocycles. The lowest BCUT2D eigenvalue weighted by Crippen LogP contribution is -2.27. The maximum atomic E-state index is 12.6. The minimum Gasteiger partial charge on any atom is -0.494 e. The number of hydrogen-bond donors (Lipinski definition) is 1. The van der Waals surface area contributed by atoms with Gasteiger partial charge in [0.15, 0.2) is 0 Å². The van der Waals surface area contributed by atoms with E-state index in [4.69, 9.17) is 4.74 Å². The van der Waals surface area contributed by atoms with Crippen molar-refractivity contribution in [1.82, 2.24) is 0 Å². The first kappa shape index (κ1) is 15.5. The van der Waals surface area contributed by atoms with E-state index in [1.807, 2.05) is 18.2 Å². The predicted molar refractivity (Wildman–Crippen MR) is 92.1 cm³/mol. The summed E-state index contributed by atoms with van der Waals surface area (Å²) in [6.07, 6.45) is 6.21. The fourth-order valence-corrected chi connectivity index (χ4v) is 4.68. The van der Waals surface area contributed by atoms with Gasteiger partial charge in [0, 0.05) is 30.6 Å². The van der Waals surface area contributed by atoms with E-state index in [0.29, 0.717) is 18.1 Å². The molecule has 1 heterocycles. The molecule has 24 heavy (non-hydrogen) atoms. The Kier molecular flexibility index (Phi) is 3.94. The molecular weight excluding hydrogens is 304 g/mol. The Balaban J connectivity index is 1.49. The van der Waals surface area contributed by atoms with Crippen LogP contribution in [0.1, 0.15) is 38.5 Å². The highest BCUT2D eigenvalue weighted by Crippen LogP contribution is 2.48. The molecule has 3 fully saturated rings. The maximum absolute atomic E-state index is 12.6. The van der Waals surface area contributed by atoms with E-state index in [1.165, 1.54) is 19.3 Å². The van der Waals surface area contributed by atoms with Crippen LogP contribution in [0.2, 0.25) is 0 Å². The van der Waals surface area contributed by atoms with E-state index < -0.39 is 0 Å². The molecule has 0 spiro atoms. The van der Waals surface area contributed by atoms with Gasteiger partial charge in [0.05, 0.1) is 12.8 Å². The predicted octanol–water partition coefficient (Wildman–Crippen LogP) is 3.20. The molecular formula is C19H24N2O3. The molecule has 1 aromatic rings. The van der Waals surface area contributed by atoms with Crippen LogP contribution >= 0.6 is 0 Å². The second-order valence-corrected chi connectivity index (χ2v) is 7.31. The topological polar surface area (TPSA) is 58.6 Å². The number of amides is 2. The van der Waals surface area contributed by atoms with Crippen molar-refractivity contribution in [3.05, 3.63) is 18.2 Å². The summed E-state index contributed by atoms with van der Waals surface area (Å²) in [4.78, 5) is 26.3. The van der Waals surface area contributed by atoms with Gasteiger partial charge in [-0.2, -0.15) is 0 Å². The Labute approximate surface area is 142 Å². The molecule has 1 N–H and O–H groups in total. The number of carbonyl (C=O) groups excluding carboxylic acids is 2. The van der Waals surface area contributed by atoms with Gasteiger partial charge in [0.1, 0.15) is 5.75 Å². The molecule has 4 rings (SSSR count). The minimum atomic E-state index is 0.132. The number of nitrogens with one attached hydrogen (secondary N) is 1. The van der Waals surface area contributed by atoms with Crippen LogP contribution in [0.4, 0.5) is 11.4 Å². The van der Waals surface area contributed by atoms with Crippen molar-refractivity contribution in [2.75, 3.05) is 23.9 Å². The van der Waals surface area contributed by atoms with Crippen LogP contribution in [0.3, 0.4) is 0 Å². The van der Waals surface area contributed by atoms with Crippen LogP contribution in [0.25, 0.3) is 0 Å². The molecule has 0 aromatic heterocycles. The van der Waals surface area contributed by atoms with Gasteiger partial charge in [0.25, 0.3) is 0 Å². The van der Waals surface area contributed by atoms with E-state index in [2.05, 4.69) is 5.32 Å². The number of methoxy groups -OCH3 is 1. The highest BCUT2D eigenvalue weighted by molar-refractivity contribution is 5.98. The molecule has 128 valence electrons. The Bertz CT molecular complexity index is 673. The number of fused-ring (bicyclic) bond motifs is 2. The third-order valence-electron chi connectivity index (χ3n) is 5.89. The van der Waals surface area contributed by atoms with Gasteiger partial charge in [-0.05, 0) is 49.7 Å². The minimum absolute atomic E-state index is 0.132. The normalized spacial score (nSPS) is 28.5. The van der Waals surface area contributed by atoms with E-state index in [9.17, 15) is 9.59 Å². The number of nitrogens with zero attached hydrogens (tertiary/aromatic N) is 1. The van der Waals surface area contributed by atoms with Crippen LogP contribution in [-0.2, 0) is 9.59 Å². The van der Waals surface area contributed by atoms with Crippen LogP contribution in [-0.4, -0.2) is 25.5 Å². The molecule has 2 amide bonds. The largest absolute Gasteiger partial charge is 0.494 e. The molecule has 3 aliphatic rings. The molecule has 1 aromatic carbocycles. The summed E-state index contributed by atoms with van der Waals surface area (Å²) >= 11 is 0. The fourth-order valence-electron chi connectivity index (χ4n) is 4.68. The van der Waals surface area contributed by atoms with Crippen LogP contribution < -0.4 is 15.0 Å². The van der Waals surface area contributed by atoms with E-state index >= 15 is 0 Å². The number of hydrogen-bond acceptors (Lipinski definition) is 3. The molecule has 2 bridgehead atoms. The highest BCUT2D eigenvalue weighted by atomic mass is 16.5. The number of benzene rings is 1. The van der Waals surface area contributed by atoms with Crippen molar-refractivity contribution in [2.24, 2.45) is 17.8 Å². The van der Waals surface area contributed by atoms with Gasteiger partial charge in [-0.3, -0.25) is 9.59 Å². The molecule has 1 saturated heterocycles. The quantitative estimate of drug-likeness (QED) is 0.923. The van der Waals surface area contributed by atoms with Gasteiger partial charge in [0.2, 0.25) is 11.8 Å². The van der Waals surface area contributed by atoms with Crippen molar-refractivity contribution in [1.29, 1.82) is 0 Å². The number of anilines is 2. The van der Waals surface area contributed by atoms with Gasteiger partial charge in [-0.1, -0.05) is 6.42 Å². The van der Waals surface area contributed by atoms with E-state index in [0.717, 1.165) is 36.7 Å². The van der Waals surface area contributed by atoms with Crippen molar-refractivity contribution < 1.29 is 14.3 Å². The smallest absolute Gasteiger partial charge is 0.227 e. The highest BCUT2D eigenvalue weighted by Gasteiger charge is 2.43. The Morgan fingerprint density at radius 2 is 2.17 bits per heavy atom. The lowest BCUT2D eigenvalue weighted by Gasteiger charge is -2.22. The monoisotopic (exact) mass is 328 g/mol. The summed E-state index contributed by atoms with van der Waals surface area (Å²) in [7, 11) is 1.60. The SMILES string of the molecule is COc1cc(NC(=O)C2CC3CCC2C3)ccc1N1CCCC1=O. The van der Waals surface area contributed by atoms with Crippen molar-refractivity contribution in [3.63, 3.8) is 0 Å². The maximum Gasteiger partial charge on any atom is 0.227 e. The molecule has 5 heteroatoms. The Hall–Kier alpha value is -2.04. The Morgan fingerprint density at radius 3 is 2.79 bits per heavy atom. The summed E-state index contributed by atoms with van der Waals surface area (Å²) in [6, 6.07) is 5.57. The fraction of sp³-hybridized carbons (Fsp3) is 0.579. The first-order valence-corrected chi connectivity index (χ1v) is 8.95. The standard InChI is InChI=1S/C19H24N2O3/c1-24-17-11-14(6-7-16(17)21-8-2-3-18(21)22)20-19(23)15-10-12-4-5-13(15)9-12/h6-7,11-13,15H,2-5,8-10H2,1H3,(H,20,23). The van der Waals surface area contributed by atoms with Crippen molar-refractivity contribution in [2.45, 2.75) is 38.5 Å². The summed E-state index contributed by atoms with van der Waals surface area (Å²) in [5.74, 6) is 2.38. The molecule has 5 nitrogen and oxygen atoms in total. The van der Waals surface area contributed by atoms with Crippen molar-refractivity contribution in [3.8, 4) is 5.75 Å². The molecule has 0 radical (unpaired) electrons. The third kappa shape index (κ3) is 2.66. The van der Waals surface area contributed by atoms with Crippen LogP contribution in [0.15, 0.2) is 18.2 Å². The second kappa shape index (κ2) is 6.11. The van der Waals surface area contributed by atoms with Crippen molar-refractivity contribution >= 4 is 23.2 Å². The second-order valence-electron chi connectivity index (χ2n) is 7.31. The zero-order valence-electron chi connectivity index (χ0n) is 14.1. The Morgan fingerprint density at radius 1 is 1.29 bits per heavy atom. The third-order valence-corrected chi connectivity index (χ3v) is 5.89. The zero-order chi connectivity index (χ0) is 16.7. The molecule has 2 saturated carbocycles. The number of carbonyl (C=O) groups is 2. The lowest BCUT2D eigenvalue weighted by atomic mass is 9.88. The van der Waals surface area contributed by atoms with E-state index in [-0.39, 0.29) is 17.7 Å². The zero-order valence-corrected chi connectivity index (χ0v) is 14.1. The van der Waals surface area contributed by atoms with Gasteiger partial charge < -0.3 is 15.0 Å². The average molecular weight is 328 g/mol. The summed E-state index contributed by atoms with van der Waals surface area (Å²) in [5, 5.41) is 3.05. The number of rotatable bonds is 4. The summed E-state index contributed by atoms with van der Waals surface area (Å²) in [5.41, 5.74) is 1.54. The summed E-state index contributed by atoms with van der Waals surface area (Å²) in [6.45, 7) is 0.728. The molecule has 3 atom stereocenters. The van der Waals surface area contributed by atoms with E-state index in [1.54, 1.807) is 12.0 Å². The van der Waals surface area contributed by atoms with Gasteiger partial charge in [-0.15, -0.1) is 0 Å². The number of ether oxygens (including phenoxy) is 1.